The van der Waals surface area contributed by atoms with Crippen LogP contribution in [-0.4, -0.2) is 50.0 Å². The first kappa shape index (κ1) is 20.5. The molecule has 1 aromatic rings. The Bertz CT molecular complexity index is 446. The van der Waals surface area contributed by atoms with Crippen molar-refractivity contribution in [3.63, 3.8) is 0 Å². The number of piperazine rings is 1. The van der Waals surface area contributed by atoms with E-state index >= 15 is 0 Å². The van der Waals surface area contributed by atoms with Crippen molar-refractivity contribution in [1.29, 1.82) is 0 Å². The number of phenols is 1. The average Bonchev–Trinajstić information content (AvgIpc) is 2.45. The minimum atomic E-state index is -0.593. The molecule has 0 radical (unpaired) electrons. The molecule has 21 heavy (non-hydrogen) atoms. The van der Waals surface area contributed by atoms with Gasteiger partial charge in [-0.15, -0.1) is 24.8 Å². The molecule has 2 rings (SSSR count). The van der Waals surface area contributed by atoms with E-state index in [0.29, 0.717) is 11.3 Å². The summed E-state index contributed by atoms with van der Waals surface area (Å²) in [5, 5.41) is 13.5. The van der Waals surface area contributed by atoms with Gasteiger partial charge in [-0.2, -0.15) is 0 Å². The van der Waals surface area contributed by atoms with Gasteiger partial charge in [0.15, 0.2) is 0 Å². The molecule has 0 amide bonds. The second-order valence-corrected chi connectivity index (χ2v) is 4.88. The van der Waals surface area contributed by atoms with Gasteiger partial charge in [0.05, 0.1) is 23.7 Å². The number of hydrogen-bond acceptors (Lipinski definition) is 4. The van der Waals surface area contributed by atoms with E-state index < -0.39 is 12.7 Å². The molecular weight excluding hydrogens is 342 g/mol. The van der Waals surface area contributed by atoms with Crippen LogP contribution in [0.2, 0.25) is 5.02 Å². The minimum absolute atomic E-state index is 0. The Hall–Kier alpha value is -0.460. The van der Waals surface area contributed by atoms with Gasteiger partial charge in [-0.25, -0.2) is 4.39 Å². The van der Waals surface area contributed by atoms with E-state index in [1.165, 1.54) is 7.11 Å². The van der Waals surface area contributed by atoms with Crippen LogP contribution in [0.4, 0.5) is 4.39 Å². The molecule has 1 aliphatic rings. The fourth-order valence-corrected chi connectivity index (χ4v) is 2.58. The number of methoxy groups -OCH3 is 1. The third-order valence-corrected chi connectivity index (χ3v) is 3.72. The quantitative estimate of drug-likeness (QED) is 0.865. The van der Waals surface area contributed by atoms with E-state index in [2.05, 4.69) is 5.32 Å². The van der Waals surface area contributed by atoms with E-state index in [4.69, 9.17) is 16.3 Å². The lowest BCUT2D eigenvalue weighted by Gasteiger charge is -2.34. The molecule has 1 atom stereocenters. The fraction of sp³-hybridized carbons (Fsp3) is 0.538. The van der Waals surface area contributed by atoms with Gasteiger partial charge in [-0.05, 0) is 12.1 Å². The molecule has 1 aromatic carbocycles. The first-order valence-corrected chi connectivity index (χ1v) is 6.63. The summed E-state index contributed by atoms with van der Waals surface area (Å²) < 4.78 is 18.7. The molecule has 0 bridgehead atoms. The number of halogens is 4. The second kappa shape index (κ2) is 9.54. The summed E-state index contributed by atoms with van der Waals surface area (Å²) >= 11 is 5.92. The molecule has 8 heteroatoms. The standard InChI is InChI=1S/C13H18ClFN2O2.2ClH/c1-19-11-3-2-9(14)13(18)12(11)10(8-15)17-6-4-16-5-7-17;;/h2-3,10,16,18H,4-8H2,1H3;2*1H/t10-;;/m1../s1. The summed E-state index contributed by atoms with van der Waals surface area (Å²) in [4.78, 5) is 1.99. The van der Waals surface area contributed by atoms with Crippen LogP contribution in [0.5, 0.6) is 11.5 Å². The predicted octanol–water partition coefficient (Wildman–Crippen LogP) is 2.81. The van der Waals surface area contributed by atoms with Crippen LogP contribution in [-0.2, 0) is 0 Å². The van der Waals surface area contributed by atoms with Gasteiger partial charge in [-0.3, -0.25) is 4.90 Å². The Kier molecular flexibility index (Phi) is 9.33. The maximum absolute atomic E-state index is 13.5. The highest BCUT2D eigenvalue weighted by molar-refractivity contribution is 6.32. The molecule has 0 aromatic heterocycles. The zero-order valence-electron chi connectivity index (χ0n) is 11.6. The van der Waals surface area contributed by atoms with Crippen LogP contribution in [0.1, 0.15) is 11.6 Å². The van der Waals surface area contributed by atoms with Gasteiger partial charge in [0.1, 0.15) is 18.2 Å². The summed E-state index contributed by atoms with van der Waals surface area (Å²) in [5.74, 6) is 0.366. The van der Waals surface area contributed by atoms with Gasteiger partial charge in [0, 0.05) is 26.2 Å². The molecule has 0 unspecified atom stereocenters. The Labute approximate surface area is 141 Å². The van der Waals surface area contributed by atoms with Crippen molar-refractivity contribution in [3.05, 3.63) is 22.7 Å². The van der Waals surface area contributed by atoms with Crippen molar-refractivity contribution in [1.82, 2.24) is 10.2 Å². The van der Waals surface area contributed by atoms with Gasteiger partial charge in [-0.1, -0.05) is 11.6 Å². The normalized spacial score (nSPS) is 16.5. The highest BCUT2D eigenvalue weighted by Crippen LogP contribution is 2.41. The summed E-state index contributed by atoms with van der Waals surface area (Å²) in [6.07, 6.45) is 0. The number of aromatic hydroxyl groups is 1. The number of nitrogens with one attached hydrogen (secondary N) is 1. The number of hydrogen-bond donors (Lipinski definition) is 2. The average molecular weight is 362 g/mol. The maximum atomic E-state index is 13.5. The Morgan fingerprint density at radius 2 is 2.00 bits per heavy atom. The van der Waals surface area contributed by atoms with E-state index in [0.717, 1.165) is 26.2 Å². The number of rotatable bonds is 4. The van der Waals surface area contributed by atoms with Crippen molar-refractivity contribution in [2.75, 3.05) is 40.0 Å². The summed E-state index contributed by atoms with van der Waals surface area (Å²) in [7, 11) is 1.50. The molecular formula is C13H20Cl3FN2O2. The molecule has 0 saturated carbocycles. The molecule has 1 saturated heterocycles. The third-order valence-electron chi connectivity index (χ3n) is 3.42. The molecule has 1 fully saturated rings. The topological polar surface area (TPSA) is 44.7 Å². The van der Waals surface area contributed by atoms with Gasteiger partial charge >= 0.3 is 0 Å². The third kappa shape index (κ3) is 4.50. The predicted molar refractivity (Wildman–Crippen MR) is 87.3 cm³/mol. The lowest BCUT2D eigenvalue weighted by Crippen LogP contribution is -2.45. The summed E-state index contributed by atoms with van der Waals surface area (Å²) in [6, 6.07) is 2.67. The number of alkyl halides is 1. The van der Waals surface area contributed by atoms with Gasteiger partial charge in [0.25, 0.3) is 0 Å². The molecule has 4 nitrogen and oxygen atoms in total. The van der Waals surface area contributed by atoms with Crippen LogP contribution in [0.3, 0.4) is 0 Å². The monoisotopic (exact) mass is 360 g/mol. The van der Waals surface area contributed by atoms with E-state index in [1.807, 2.05) is 4.90 Å². The number of nitrogens with zero attached hydrogens (tertiary/aromatic N) is 1. The molecule has 0 spiro atoms. The van der Waals surface area contributed by atoms with Crippen molar-refractivity contribution in [3.8, 4) is 11.5 Å². The summed E-state index contributed by atoms with van der Waals surface area (Å²) in [6.45, 7) is 2.47. The Morgan fingerprint density at radius 1 is 1.38 bits per heavy atom. The lowest BCUT2D eigenvalue weighted by molar-refractivity contribution is 0.142. The van der Waals surface area contributed by atoms with Crippen LogP contribution in [0, 0.1) is 0 Å². The largest absolute Gasteiger partial charge is 0.506 e. The zero-order chi connectivity index (χ0) is 13.8. The Balaban J connectivity index is 0.00000200. The highest BCUT2D eigenvalue weighted by Gasteiger charge is 2.28. The van der Waals surface area contributed by atoms with E-state index in [9.17, 15) is 9.50 Å². The van der Waals surface area contributed by atoms with Crippen molar-refractivity contribution in [2.45, 2.75) is 6.04 Å². The van der Waals surface area contributed by atoms with Crippen LogP contribution in [0.25, 0.3) is 0 Å². The first-order valence-electron chi connectivity index (χ1n) is 6.25. The Morgan fingerprint density at radius 3 is 2.52 bits per heavy atom. The molecule has 2 N–H and O–H groups in total. The second-order valence-electron chi connectivity index (χ2n) is 4.47. The highest BCUT2D eigenvalue weighted by atomic mass is 35.5. The lowest BCUT2D eigenvalue weighted by atomic mass is 10.0. The first-order chi connectivity index (χ1) is 9.19. The van der Waals surface area contributed by atoms with Crippen LogP contribution in [0.15, 0.2) is 12.1 Å². The number of ether oxygens (including phenoxy) is 1. The smallest absolute Gasteiger partial charge is 0.142 e. The van der Waals surface area contributed by atoms with Crippen LogP contribution < -0.4 is 10.1 Å². The molecule has 1 aliphatic heterocycles. The van der Waals surface area contributed by atoms with E-state index in [1.54, 1.807) is 12.1 Å². The summed E-state index contributed by atoms with van der Waals surface area (Å²) in [5.41, 5.74) is 0.430. The zero-order valence-corrected chi connectivity index (χ0v) is 14.0. The van der Waals surface area contributed by atoms with Crippen LogP contribution >= 0.6 is 36.4 Å². The SMILES string of the molecule is COc1ccc(Cl)c(O)c1[C@@H](CF)N1CCNCC1.Cl.Cl. The number of phenolic OH excluding ortho intramolecular Hbond substituents is 1. The molecule has 1 heterocycles. The number of benzene rings is 1. The molecule has 122 valence electrons. The van der Waals surface area contributed by atoms with Gasteiger partial charge in [0.2, 0.25) is 0 Å². The minimum Gasteiger partial charge on any atom is -0.506 e. The molecule has 0 aliphatic carbocycles. The van der Waals surface area contributed by atoms with Gasteiger partial charge < -0.3 is 15.2 Å². The van der Waals surface area contributed by atoms with Crippen molar-refractivity contribution < 1.29 is 14.2 Å². The van der Waals surface area contributed by atoms with Crippen molar-refractivity contribution in [2.24, 2.45) is 0 Å². The fourth-order valence-electron chi connectivity index (χ4n) is 2.41. The maximum Gasteiger partial charge on any atom is 0.142 e. The van der Waals surface area contributed by atoms with E-state index in [-0.39, 0.29) is 35.6 Å². The van der Waals surface area contributed by atoms with Crippen molar-refractivity contribution >= 4 is 36.4 Å².